The summed E-state index contributed by atoms with van der Waals surface area (Å²) in [5, 5.41) is 0.114. The molecule has 0 amide bonds. The number of rotatable bonds is 14. The first kappa shape index (κ1) is 46.0. The van der Waals surface area contributed by atoms with Crippen LogP contribution < -0.4 is 0 Å². The highest BCUT2D eigenvalue weighted by atomic mass is 28.4. The van der Waals surface area contributed by atoms with Gasteiger partial charge in [0.15, 0.2) is 30.7 Å². The minimum atomic E-state index is -2.29. The van der Waals surface area contributed by atoms with Crippen LogP contribution in [-0.2, 0) is 18.0 Å². The Kier molecular flexibility index (Phi) is 13.7. The monoisotopic (exact) mass is 797 g/mol. The van der Waals surface area contributed by atoms with E-state index in [1.807, 2.05) is 0 Å². The molecular weight excluding hydrogens is 713 g/mol. The lowest BCUT2D eigenvalue weighted by Gasteiger charge is -2.61. The maximum Gasteiger partial charge on any atom is 0.195 e. The smallest absolute Gasteiger partial charge is 0.195 e. The fourth-order valence-electron chi connectivity index (χ4n) is 10.1. The van der Waals surface area contributed by atoms with Crippen molar-refractivity contribution in [3.63, 3.8) is 0 Å². The van der Waals surface area contributed by atoms with Gasteiger partial charge in [0.2, 0.25) is 0 Å². The van der Waals surface area contributed by atoms with E-state index < -0.39 is 36.3 Å². The van der Waals surface area contributed by atoms with Crippen molar-refractivity contribution in [2.75, 3.05) is 6.61 Å². The molecule has 0 aromatic heterocycles. The van der Waals surface area contributed by atoms with E-state index >= 15 is 0 Å². The second kappa shape index (κ2) is 16.1. The summed E-state index contributed by atoms with van der Waals surface area (Å²) in [5.74, 6) is 7.49. The van der Waals surface area contributed by atoms with Crippen molar-refractivity contribution in [1.82, 2.24) is 0 Å². The van der Waals surface area contributed by atoms with E-state index in [9.17, 15) is 0 Å². The van der Waals surface area contributed by atoms with Crippen LogP contribution in [0.15, 0.2) is 34.9 Å². The summed E-state index contributed by atoms with van der Waals surface area (Å²) in [6.07, 6.45) is 15.7. The van der Waals surface area contributed by atoms with E-state index in [1.54, 1.807) is 11.1 Å². The van der Waals surface area contributed by atoms with Crippen molar-refractivity contribution in [3.8, 4) is 11.8 Å². The zero-order valence-electron chi connectivity index (χ0n) is 38.6. The Morgan fingerprint density at radius 2 is 1.41 bits per heavy atom. The van der Waals surface area contributed by atoms with Crippen LogP contribution in [0.2, 0.25) is 54.4 Å². The van der Waals surface area contributed by atoms with Crippen molar-refractivity contribution in [1.29, 1.82) is 0 Å². The average Bonchev–Trinajstić information content (AvgIpc) is 3.44. The van der Waals surface area contributed by atoms with Crippen LogP contribution in [0, 0.1) is 34.5 Å². The minimum Gasteiger partial charge on any atom is -0.413 e. The Morgan fingerprint density at radius 3 is 1.93 bits per heavy atom. The fourth-order valence-corrected chi connectivity index (χ4v) is 16.1. The Bertz CT molecular complexity index is 1480. The minimum absolute atomic E-state index is 0.0202. The van der Waals surface area contributed by atoms with Gasteiger partial charge in [-0.25, -0.2) is 0 Å². The highest BCUT2D eigenvalue weighted by molar-refractivity contribution is 6.74. The van der Waals surface area contributed by atoms with Gasteiger partial charge in [0.05, 0.1) is 6.10 Å². The molecule has 7 heteroatoms. The van der Waals surface area contributed by atoms with E-state index in [4.69, 9.17) is 18.0 Å². The van der Waals surface area contributed by atoms with E-state index in [1.165, 1.54) is 24.8 Å². The van der Waals surface area contributed by atoms with Crippen molar-refractivity contribution < 1.29 is 18.0 Å². The van der Waals surface area contributed by atoms with Gasteiger partial charge in [0.1, 0.15) is 12.2 Å². The Balaban J connectivity index is 1.83. The fraction of sp³-hybridized carbons (Fsp3) is 0.830. The predicted molar refractivity (Wildman–Crippen MR) is 239 cm³/mol. The number of ether oxygens (including phenoxy) is 1. The van der Waals surface area contributed by atoms with Gasteiger partial charge in [-0.15, -0.1) is 0 Å². The van der Waals surface area contributed by atoms with Gasteiger partial charge in [-0.05, 0) is 110 Å². The third-order valence-electron chi connectivity index (χ3n) is 16.5. The molecular formula is C47H84O4Si3. The third kappa shape index (κ3) is 8.39. The topological polar surface area (TPSA) is 36.9 Å². The van der Waals surface area contributed by atoms with Gasteiger partial charge >= 0.3 is 0 Å². The third-order valence-corrected chi connectivity index (χ3v) is 30.1. The number of hydrogen-bond acceptors (Lipinski definition) is 4. The molecule has 4 aliphatic rings. The molecule has 0 bridgehead atoms. The van der Waals surface area contributed by atoms with Gasteiger partial charge in [-0.3, -0.25) is 0 Å². The second-order valence-corrected chi connectivity index (χ2v) is 35.4. The molecule has 0 saturated heterocycles. The largest absolute Gasteiger partial charge is 0.413 e. The van der Waals surface area contributed by atoms with Gasteiger partial charge in [0, 0.05) is 18.3 Å². The Hall–Kier alpha value is -0.729. The Labute approximate surface area is 337 Å². The van der Waals surface area contributed by atoms with Crippen molar-refractivity contribution >= 4 is 25.0 Å². The van der Waals surface area contributed by atoms with E-state index in [0.29, 0.717) is 18.4 Å². The first-order valence-corrected chi connectivity index (χ1v) is 30.5. The molecule has 4 rings (SSSR count). The molecule has 4 nitrogen and oxygen atoms in total. The summed E-state index contributed by atoms with van der Waals surface area (Å²) < 4.78 is 29.7. The summed E-state index contributed by atoms with van der Waals surface area (Å²) in [6, 6.07) is 3.38. The van der Waals surface area contributed by atoms with Crippen LogP contribution in [0.4, 0.5) is 0 Å². The molecule has 54 heavy (non-hydrogen) atoms. The first-order chi connectivity index (χ1) is 24.8. The molecule has 0 radical (unpaired) electrons. The lowest BCUT2D eigenvalue weighted by atomic mass is 9.49. The van der Waals surface area contributed by atoms with Crippen molar-refractivity contribution in [3.05, 3.63) is 34.9 Å². The van der Waals surface area contributed by atoms with Gasteiger partial charge in [-0.1, -0.05) is 144 Å². The van der Waals surface area contributed by atoms with Gasteiger partial charge in [-0.2, -0.15) is 0 Å². The van der Waals surface area contributed by atoms with E-state index in [2.05, 4.69) is 153 Å². The molecule has 0 heterocycles. The SMILES string of the molecule is CCC1=CC[C@H]2C3=CC=C4C[C@@](OCC#CC(CC)(CC)O[Si](CC)(CC)CC)(O[Si](C)(C)C(C)(C)C)C[C@H](O[Si](C)(C)C(C)(C)C)[C@]4(C)[C@H]3CC[C@]12C. The molecule has 0 aromatic carbocycles. The lowest BCUT2D eigenvalue weighted by molar-refractivity contribution is -0.224. The lowest BCUT2D eigenvalue weighted by Crippen LogP contribution is -2.62. The number of fused-ring (bicyclic) bond motifs is 5. The normalized spacial score (nSPS) is 30.7. The molecule has 0 aliphatic heterocycles. The van der Waals surface area contributed by atoms with E-state index in [0.717, 1.165) is 50.2 Å². The molecule has 0 unspecified atom stereocenters. The number of hydrogen-bond donors (Lipinski definition) is 0. The molecule has 0 spiro atoms. The van der Waals surface area contributed by atoms with Gasteiger partial charge < -0.3 is 18.0 Å². The number of allylic oxidation sites excluding steroid dienone is 5. The highest BCUT2D eigenvalue weighted by Crippen LogP contribution is 2.66. The molecule has 0 N–H and O–H groups in total. The average molecular weight is 797 g/mol. The standard InChI is InChI=1S/C47H84O4Si3/c1-19-36-27-29-39-38-28-26-37-34-47(51-53(17,18)43(10,11)12,48-33-25-31-46(20-2,21-3)50-54(22-4,23-5)24-6)35-41(49-52(15,16)42(7,8)9)45(37,14)40(38)30-32-44(36,39)13/h26-28,39-41H,19-24,29-30,32-35H2,1-18H3/t39-,40-,41-,44+,45-,47+/m0/s1. The molecule has 2 saturated carbocycles. The highest BCUT2D eigenvalue weighted by Gasteiger charge is 2.62. The maximum absolute atomic E-state index is 7.75. The zero-order chi connectivity index (χ0) is 40.8. The second-order valence-electron chi connectivity index (χ2n) is 21.2. The summed E-state index contributed by atoms with van der Waals surface area (Å²) in [7, 11) is -6.34. The van der Waals surface area contributed by atoms with Crippen LogP contribution >= 0.6 is 0 Å². The maximum atomic E-state index is 7.75. The quantitative estimate of drug-likeness (QED) is 0.0759. The van der Waals surface area contributed by atoms with Crippen LogP contribution in [0.1, 0.15) is 148 Å². The van der Waals surface area contributed by atoms with Crippen LogP contribution in [0.3, 0.4) is 0 Å². The molecule has 6 atom stereocenters. The van der Waals surface area contributed by atoms with Crippen LogP contribution in [0.25, 0.3) is 0 Å². The van der Waals surface area contributed by atoms with Crippen LogP contribution in [0.5, 0.6) is 0 Å². The van der Waals surface area contributed by atoms with Crippen molar-refractivity contribution in [2.45, 2.75) is 220 Å². The summed E-state index contributed by atoms with van der Waals surface area (Å²) in [4.78, 5) is 0. The van der Waals surface area contributed by atoms with E-state index in [-0.39, 0.29) is 27.0 Å². The van der Waals surface area contributed by atoms with Gasteiger partial charge in [0.25, 0.3) is 0 Å². The first-order valence-electron chi connectivity index (χ1n) is 22.2. The van der Waals surface area contributed by atoms with Crippen LogP contribution in [-0.4, -0.2) is 49.1 Å². The molecule has 4 aliphatic carbocycles. The molecule has 0 aromatic rings. The molecule has 308 valence electrons. The van der Waals surface area contributed by atoms with Crippen molar-refractivity contribution in [2.24, 2.45) is 22.7 Å². The predicted octanol–water partition coefficient (Wildman–Crippen LogP) is 14.1. The molecule has 2 fully saturated rings. The zero-order valence-corrected chi connectivity index (χ0v) is 41.6. The Morgan fingerprint density at radius 1 is 0.815 bits per heavy atom. The summed E-state index contributed by atoms with van der Waals surface area (Å²) in [5.41, 5.74) is 4.53. The summed E-state index contributed by atoms with van der Waals surface area (Å²) in [6.45, 7) is 43.0. The summed E-state index contributed by atoms with van der Waals surface area (Å²) >= 11 is 0.